The normalized spacial score (nSPS) is 17.9. The molecule has 1 aromatic rings. The molecule has 0 amide bonds. The lowest BCUT2D eigenvalue weighted by molar-refractivity contribution is -0.322. The number of methoxy groups -OCH3 is 1. The number of hydrogen-bond acceptors (Lipinski definition) is 3. The van der Waals surface area contributed by atoms with Crippen LogP contribution in [0.25, 0.3) is 0 Å². The van der Waals surface area contributed by atoms with Crippen molar-refractivity contribution in [2.24, 2.45) is 5.41 Å². The molecule has 0 unspecified atom stereocenters. The molecule has 82 valence electrons. The van der Waals surface area contributed by atoms with Crippen LogP contribution in [-0.4, -0.2) is 13.1 Å². The summed E-state index contributed by atoms with van der Waals surface area (Å²) in [7, 11) is 1.59. The molecular weight excluding hydrogens is 192 g/mol. The molecule has 3 heteroatoms. The summed E-state index contributed by atoms with van der Waals surface area (Å²) in [4.78, 5) is 0. The third-order valence-corrected chi connectivity index (χ3v) is 2.53. The zero-order chi connectivity index (χ0) is 11.1. The first kappa shape index (κ1) is 10.3. The number of rotatable bonds is 1. The van der Waals surface area contributed by atoms with Gasteiger partial charge in [0.1, 0.15) is 0 Å². The van der Waals surface area contributed by atoms with Crippen LogP contribution < -0.4 is 9.47 Å². The van der Waals surface area contributed by atoms with Crippen molar-refractivity contribution in [2.75, 3.05) is 7.11 Å². The van der Waals surface area contributed by atoms with Crippen LogP contribution in [-0.2, 0) is 4.74 Å². The molecule has 15 heavy (non-hydrogen) atoms. The second kappa shape index (κ2) is 3.14. The Balaban J connectivity index is 2.38. The molecule has 0 aliphatic carbocycles. The summed E-state index contributed by atoms with van der Waals surface area (Å²) >= 11 is 0. The Hall–Kier alpha value is -1.22. The van der Waals surface area contributed by atoms with Gasteiger partial charge in [0, 0.05) is 7.11 Å². The van der Waals surface area contributed by atoms with E-state index in [9.17, 15) is 0 Å². The molecule has 2 rings (SSSR count). The standard InChI is InChI=1S/C12H16O3/c1-11(2,3)12(13-4)14-9-7-5-6-8-10(9)15-12/h5-8H,1-4H3. The van der Waals surface area contributed by atoms with Crippen molar-refractivity contribution in [3.63, 3.8) is 0 Å². The summed E-state index contributed by atoms with van der Waals surface area (Å²) in [5.74, 6) is 0.444. The van der Waals surface area contributed by atoms with Crippen LogP contribution in [0.3, 0.4) is 0 Å². The van der Waals surface area contributed by atoms with E-state index in [2.05, 4.69) is 0 Å². The van der Waals surface area contributed by atoms with Crippen molar-refractivity contribution in [3.05, 3.63) is 24.3 Å². The van der Waals surface area contributed by atoms with Crippen LogP contribution in [0, 0.1) is 5.41 Å². The molecule has 0 bridgehead atoms. The number of hydrogen-bond donors (Lipinski definition) is 0. The maximum absolute atomic E-state index is 5.76. The van der Waals surface area contributed by atoms with Gasteiger partial charge in [0.15, 0.2) is 11.5 Å². The largest absolute Gasteiger partial charge is 0.426 e. The average molecular weight is 208 g/mol. The van der Waals surface area contributed by atoms with Gasteiger partial charge in [-0.3, -0.25) is 0 Å². The van der Waals surface area contributed by atoms with Gasteiger partial charge in [0.25, 0.3) is 0 Å². The van der Waals surface area contributed by atoms with Gasteiger partial charge in [-0.2, -0.15) is 0 Å². The lowest BCUT2D eigenvalue weighted by atomic mass is 9.93. The van der Waals surface area contributed by atoms with E-state index in [0.29, 0.717) is 0 Å². The predicted octanol–water partition coefficient (Wildman–Crippen LogP) is 2.80. The fourth-order valence-corrected chi connectivity index (χ4v) is 1.62. The lowest BCUT2D eigenvalue weighted by Gasteiger charge is -2.36. The van der Waals surface area contributed by atoms with Gasteiger partial charge in [-0.15, -0.1) is 0 Å². The Morgan fingerprint density at radius 1 is 1.07 bits per heavy atom. The Kier molecular flexibility index (Phi) is 2.15. The topological polar surface area (TPSA) is 27.7 Å². The van der Waals surface area contributed by atoms with Gasteiger partial charge in [0.2, 0.25) is 0 Å². The summed E-state index contributed by atoms with van der Waals surface area (Å²) in [6.45, 7) is 6.05. The highest BCUT2D eigenvalue weighted by molar-refractivity contribution is 5.42. The summed E-state index contributed by atoms with van der Waals surface area (Å²) in [6.07, 6.45) is 0. The monoisotopic (exact) mass is 208 g/mol. The molecule has 1 aliphatic rings. The molecule has 0 aromatic heterocycles. The highest BCUT2D eigenvalue weighted by Crippen LogP contribution is 2.46. The first-order valence-electron chi connectivity index (χ1n) is 5.01. The third-order valence-electron chi connectivity index (χ3n) is 2.53. The van der Waals surface area contributed by atoms with Crippen molar-refractivity contribution in [1.29, 1.82) is 0 Å². The van der Waals surface area contributed by atoms with Crippen LogP contribution in [0.1, 0.15) is 20.8 Å². The molecule has 1 aromatic carbocycles. The zero-order valence-electron chi connectivity index (χ0n) is 9.53. The first-order chi connectivity index (χ1) is 6.98. The first-order valence-corrected chi connectivity index (χ1v) is 5.01. The third kappa shape index (κ3) is 1.47. The number of fused-ring (bicyclic) bond motifs is 1. The Labute approximate surface area is 90.0 Å². The molecular formula is C12H16O3. The van der Waals surface area contributed by atoms with E-state index in [1.165, 1.54) is 0 Å². The summed E-state index contributed by atoms with van der Waals surface area (Å²) in [5, 5.41) is 0. The van der Waals surface area contributed by atoms with Crippen molar-refractivity contribution < 1.29 is 14.2 Å². The highest BCUT2D eigenvalue weighted by atomic mass is 16.9. The molecule has 1 aliphatic heterocycles. The summed E-state index contributed by atoms with van der Waals surface area (Å²) in [5.41, 5.74) is -0.263. The van der Waals surface area contributed by atoms with E-state index >= 15 is 0 Å². The van der Waals surface area contributed by atoms with Crippen LogP contribution in [0.5, 0.6) is 11.5 Å². The van der Waals surface area contributed by atoms with Crippen molar-refractivity contribution in [1.82, 2.24) is 0 Å². The van der Waals surface area contributed by atoms with E-state index in [1.54, 1.807) is 7.11 Å². The van der Waals surface area contributed by atoms with E-state index in [-0.39, 0.29) is 5.41 Å². The molecule has 1 heterocycles. The molecule has 0 N–H and O–H groups in total. The van der Waals surface area contributed by atoms with E-state index in [0.717, 1.165) is 11.5 Å². The number of para-hydroxylation sites is 2. The Bertz CT molecular complexity index is 340. The van der Waals surface area contributed by atoms with Crippen molar-refractivity contribution in [3.8, 4) is 11.5 Å². The minimum absolute atomic E-state index is 0.263. The van der Waals surface area contributed by atoms with Crippen LogP contribution in [0.4, 0.5) is 0 Å². The lowest BCUT2D eigenvalue weighted by Crippen LogP contribution is -2.52. The minimum atomic E-state index is -1.02. The van der Waals surface area contributed by atoms with Crippen LogP contribution in [0.15, 0.2) is 24.3 Å². The van der Waals surface area contributed by atoms with Gasteiger partial charge >= 0.3 is 5.97 Å². The van der Waals surface area contributed by atoms with Gasteiger partial charge in [-0.1, -0.05) is 12.1 Å². The van der Waals surface area contributed by atoms with E-state index in [4.69, 9.17) is 14.2 Å². The van der Waals surface area contributed by atoms with E-state index in [1.807, 2.05) is 45.0 Å². The predicted molar refractivity (Wildman–Crippen MR) is 56.9 cm³/mol. The fraction of sp³-hybridized carbons (Fsp3) is 0.500. The van der Waals surface area contributed by atoms with Crippen LogP contribution in [0.2, 0.25) is 0 Å². The quantitative estimate of drug-likeness (QED) is 0.710. The molecule has 0 saturated heterocycles. The van der Waals surface area contributed by atoms with Gasteiger partial charge < -0.3 is 14.2 Å². The maximum Gasteiger partial charge on any atom is 0.376 e. The molecule has 0 fully saturated rings. The summed E-state index contributed by atoms with van der Waals surface area (Å²) < 4.78 is 16.9. The smallest absolute Gasteiger partial charge is 0.376 e. The molecule has 0 radical (unpaired) electrons. The summed E-state index contributed by atoms with van der Waals surface area (Å²) in [6, 6.07) is 7.58. The van der Waals surface area contributed by atoms with Gasteiger partial charge in [-0.25, -0.2) is 0 Å². The Morgan fingerprint density at radius 2 is 1.53 bits per heavy atom. The van der Waals surface area contributed by atoms with Crippen molar-refractivity contribution in [2.45, 2.75) is 26.7 Å². The number of benzene rings is 1. The molecule has 0 atom stereocenters. The fourth-order valence-electron chi connectivity index (χ4n) is 1.62. The molecule has 0 spiro atoms. The maximum atomic E-state index is 5.76. The highest BCUT2D eigenvalue weighted by Gasteiger charge is 2.52. The van der Waals surface area contributed by atoms with Gasteiger partial charge in [-0.05, 0) is 32.9 Å². The minimum Gasteiger partial charge on any atom is -0.426 e. The second-order valence-corrected chi connectivity index (χ2v) is 4.66. The van der Waals surface area contributed by atoms with Crippen molar-refractivity contribution >= 4 is 0 Å². The van der Waals surface area contributed by atoms with E-state index < -0.39 is 5.97 Å². The van der Waals surface area contributed by atoms with Crippen LogP contribution >= 0.6 is 0 Å². The SMILES string of the molecule is COC1(C(C)(C)C)Oc2ccccc2O1. The zero-order valence-corrected chi connectivity index (χ0v) is 9.53. The molecule has 3 nitrogen and oxygen atoms in total. The number of ether oxygens (including phenoxy) is 3. The average Bonchev–Trinajstić information content (AvgIpc) is 2.56. The Morgan fingerprint density at radius 3 is 1.87 bits per heavy atom. The molecule has 0 saturated carbocycles. The second-order valence-electron chi connectivity index (χ2n) is 4.66. The van der Waals surface area contributed by atoms with Gasteiger partial charge in [0.05, 0.1) is 5.41 Å².